The van der Waals surface area contributed by atoms with Crippen molar-refractivity contribution in [1.82, 2.24) is 10.6 Å². The highest BCUT2D eigenvalue weighted by molar-refractivity contribution is 14.0. The molecule has 0 radical (unpaired) electrons. The number of halogens is 1. The molecule has 3 unspecified atom stereocenters. The quantitative estimate of drug-likeness (QED) is 0.248. The van der Waals surface area contributed by atoms with Crippen LogP contribution in [0.3, 0.4) is 0 Å². The molecule has 3 atom stereocenters. The average molecular weight is 467 g/mol. The fourth-order valence-corrected chi connectivity index (χ4v) is 3.81. The number of guanidine groups is 1. The highest BCUT2D eigenvalue weighted by Gasteiger charge is 2.41. The van der Waals surface area contributed by atoms with Crippen molar-refractivity contribution in [2.45, 2.75) is 63.7 Å². The predicted molar refractivity (Wildman–Crippen MR) is 110 cm³/mol. The molecule has 7 heteroatoms. The van der Waals surface area contributed by atoms with Crippen LogP contribution in [0.15, 0.2) is 4.99 Å². The van der Waals surface area contributed by atoms with Crippen molar-refractivity contribution < 1.29 is 14.2 Å². The van der Waals surface area contributed by atoms with Gasteiger partial charge in [-0.2, -0.15) is 0 Å². The van der Waals surface area contributed by atoms with Crippen LogP contribution < -0.4 is 10.6 Å². The Bertz CT molecular complexity index is 405. The highest BCUT2D eigenvalue weighted by Crippen LogP contribution is 2.34. The molecule has 2 N–H and O–H groups in total. The van der Waals surface area contributed by atoms with Gasteiger partial charge >= 0.3 is 0 Å². The van der Waals surface area contributed by atoms with E-state index in [9.17, 15) is 0 Å². The van der Waals surface area contributed by atoms with Crippen molar-refractivity contribution in [3.63, 3.8) is 0 Å². The molecule has 3 heterocycles. The number of hydrogen-bond acceptors (Lipinski definition) is 4. The normalized spacial score (nSPS) is 29.5. The maximum Gasteiger partial charge on any atom is 0.191 e. The molecule has 3 rings (SSSR count). The molecule has 3 aliphatic heterocycles. The second kappa shape index (κ2) is 11.6. The van der Waals surface area contributed by atoms with Crippen LogP contribution in [0.2, 0.25) is 0 Å². The average Bonchev–Trinajstić information content (AvgIpc) is 3.22. The van der Waals surface area contributed by atoms with Crippen LogP contribution in [0.25, 0.3) is 0 Å². The van der Waals surface area contributed by atoms with Gasteiger partial charge in [-0.15, -0.1) is 24.0 Å². The molecule has 3 aliphatic rings. The molecule has 0 aliphatic carbocycles. The van der Waals surface area contributed by atoms with E-state index in [0.29, 0.717) is 24.2 Å². The lowest BCUT2D eigenvalue weighted by Gasteiger charge is -2.22. The molecule has 0 amide bonds. The third-order valence-electron chi connectivity index (χ3n) is 5.18. The summed E-state index contributed by atoms with van der Waals surface area (Å²) in [6.45, 7) is 7.22. The monoisotopic (exact) mass is 467 g/mol. The molecule has 0 aromatic rings. The summed E-state index contributed by atoms with van der Waals surface area (Å²) in [4.78, 5) is 4.68. The van der Waals surface area contributed by atoms with Gasteiger partial charge in [0.15, 0.2) is 5.96 Å². The zero-order valence-electron chi connectivity index (χ0n) is 15.4. The van der Waals surface area contributed by atoms with Gasteiger partial charge in [0.1, 0.15) is 0 Å². The van der Waals surface area contributed by atoms with E-state index in [4.69, 9.17) is 14.2 Å². The van der Waals surface area contributed by atoms with Crippen molar-refractivity contribution >= 4 is 29.9 Å². The zero-order valence-corrected chi connectivity index (χ0v) is 17.7. The summed E-state index contributed by atoms with van der Waals surface area (Å²) >= 11 is 0. The van der Waals surface area contributed by atoms with Gasteiger partial charge in [0.2, 0.25) is 0 Å². The standard InChI is InChI=1S/C18H33N3O3.HI/c1-2-19-18(21-16-12-15-4-5-17(16)24-15)20-8-3-9-23-13-14-6-10-22-11-7-14;/h14-17H,2-13H2,1H3,(H2,19,20,21);1H. The lowest BCUT2D eigenvalue weighted by atomic mass is 9.96. The fraction of sp³-hybridized carbons (Fsp3) is 0.944. The minimum Gasteiger partial charge on any atom is -0.381 e. The van der Waals surface area contributed by atoms with Gasteiger partial charge in [-0.05, 0) is 51.4 Å². The summed E-state index contributed by atoms with van der Waals surface area (Å²) in [7, 11) is 0. The maximum absolute atomic E-state index is 5.90. The summed E-state index contributed by atoms with van der Waals surface area (Å²) in [5.41, 5.74) is 0. The van der Waals surface area contributed by atoms with Crippen molar-refractivity contribution in [2.24, 2.45) is 10.9 Å². The second-order valence-electron chi connectivity index (χ2n) is 7.11. The summed E-state index contributed by atoms with van der Waals surface area (Å²) in [5, 5.41) is 6.89. The van der Waals surface area contributed by atoms with Gasteiger partial charge in [0.05, 0.1) is 18.2 Å². The smallest absolute Gasteiger partial charge is 0.191 e. The first-order chi connectivity index (χ1) is 11.8. The van der Waals surface area contributed by atoms with Crippen molar-refractivity contribution in [3.8, 4) is 0 Å². The molecule has 3 saturated heterocycles. The summed E-state index contributed by atoms with van der Waals surface area (Å²) in [6, 6.07) is 0.423. The van der Waals surface area contributed by atoms with Crippen LogP contribution >= 0.6 is 24.0 Å². The first kappa shape index (κ1) is 21.2. The van der Waals surface area contributed by atoms with Crippen molar-refractivity contribution in [1.29, 1.82) is 0 Å². The maximum atomic E-state index is 5.90. The highest BCUT2D eigenvalue weighted by atomic mass is 127. The van der Waals surface area contributed by atoms with E-state index in [-0.39, 0.29) is 24.0 Å². The molecule has 3 fully saturated rings. The van der Waals surface area contributed by atoms with E-state index in [1.807, 2.05) is 0 Å². The lowest BCUT2D eigenvalue weighted by Crippen LogP contribution is -2.47. The Kier molecular flexibility index (Phi) is 9.80. The third-order valence-corrected chi connectivity index (χ3v) is 5.18. The molecular formula is C18H34IN3O3. The number of hydrogen-bond donors (Lipinski definition) is 2. The summed E-state index contributed by atoms with van der Waals surface area (Å²) in [6.07, 6.45) is 7.60. The third kappa shape index (κ3) is 6.84. The SMILES string of the molecule is CCNC(=NCCCOCC1CCOCC1)NC1CC2CCC1O2.I. The van der Waals surface area contributed by atoms with Gasteiger partial charge in [0.25, 0.3) is 0 Å². The number of rotatable bonds is 8. The Morgan fingerprint density at radius 2 is 2.04 bits per heavy atom. The van der Waals surface area contributed by atoms with Gasteiger partial charge in [-0.1, -0.05) is 0 Å². The van der Waals surface area contributed by atoms with Crippen LogP contribution in [0.5, 0.6) is 0 Å². The number of ether oxygens (including phenoxy) is 3. The van der Waals surface area contributed by atoms with E-state index in [1.165, 1.54) is 12.8 Å². The molecule has 0 saturated carbocycles. The Balaban J connectivity index is 0.00000225. The molecule has 0 aromatic heterocycles. The first-order valence-corrected chi connectivity index (χ1v) is 9.71. The van der Waals surface area contributed by atoms with Gasteiger partial charge in [-0.3, -0.25) is 4.99 Å². The molecule has 0 aromatic carbocycles. The Morgan fingerprint density at radius 1 is 1.20 bits per heavy atom. The van der Waals surface area contributed by atoms with Crippen molar-refractivity contribution in [3.05, 3.63) is 0 Å². The van der Waals surface area contributed by atoms with E-state index < -0.39 is 0 Å². The zero-order chi connectivity index (χ0) is 16.6. The summed E-state index contributed by atoms with van der Waals surface area (Å²) in [5.74, 6) is 1.60. The fourth-order valence-electron chi connectivity index (χ4n) is 3.81. The van der Waals surface area contributed by atoms with E-state index >= 15 is 0 Å². The van der Waals surface area contributed by atoms with Gasteiger partial charge in [-0.25, -0.2) is 0 Å². The Morgan fingerprint density at radius 3 is 2.72 bits per heavy atom. The van der Waals surface area contributed by atoms with Crippen LogP contribution in [0.1, 0.15) is 45.4 Å². The Labute approximate surface area is 168 Å². The minimum absolute atomic E-state index is 0. The largest absolute Gasteiger partial charge is 0.381 e. The number of nitrogens with one attached hydrogen (secondary N) is 2. The minimum atomic E-state index is 0. The Hall–Kier alpha value is -0.120. The number of aliphatic imine (C=N–C) groups is 1. The van der Waals surface area contributed by atoms with Gasteiger partial charge < -0.3 is 24.8 Å². The number of fused-ring (bicyclic) bond motifs is 2. The first-order valence-electron chi connectivity index (χ1n) is 9.71. The van der Waals surface area contributed by atoms with Crippen LogP contribution in [0, 0.1) is 5.92 Å². The van der Waals surface area contributed by atoms with E-state index in [0.717, 1.165) is 71.2 Å². The van der Waals surface area contributed by atoms with Crippen molar-refractivity contribution in [2.75, 3.05) is 39.5 Å². The molecule has 0 spiro atoms. The summed E-state index contributed by atoms with van der Waals surface area (Å²) < 4.78 is 17.1. The second-order valence-corrected chi connectivity index (χ2v) is 7.11. The molecular weight excluding hydrogens is 433 g/mol. The molecule has 25 heavy (non-hydrogen) atoms. The molecule has 2 bridgehead atoms. The topological polar surface area (TPSA) is 64.1 Å². The molecule has 146 valence electrons. The predicted octanol–water partition coefficient (Wildman–Crippen LogP) is 2.31. The van der Waals surface area contributed by atoms with Gasteiger partial charge in [0, 0.05) is 39.5 Å². The number of nitrogens with zero attached hydrogens (tertiary/aromatic N) is 1. The van der Waals surface area contributed by atoms with E-state index in [1.54, 1.807) is 0 Å². The van der Waals surface area contributed by atoms with Crippen LogP contribution in [-0.2, 0) is 14.2 Å². The van der Waals surface area contributed by atoms with E-state index in [2.05, 4.69) is 22.5 Å². The van der Waals surface area contributed by atoms with Crippen LogP contribution in [-0.4, -0.2) is 63.7 Å². The molecule has 6 nitrogen and oxygen atoms in total. The lowest BCUT2D eigenvalue weighted by molar-refractivity contribution is 0.0205. The van der Waals surface area contributed by atoms with Crippen LogP contribution in [0.4, 0.5) is 0 Å².